The maximum absolute atomic E-state index is 12.1. The van der Waals surface area contributed by atoms with Crippen LogP contribution in [0.3, 0.4) is 0 Å². The van der Waals surface area contributed by atoms with E-state index in [2.05, 4.69) is 38.2 Å². The fraction of sp³-hybridized carbons (Fsp3) is 0.450. The van der Waals surface area contributed by atoms with E-state index < -0.39 is 0 Å². The maximum atomic E-state index is 12.1. The minimum Gasteiger partial charge on any atom is -0.357 e. The number of rotatable bonds is 8. The number of hydrogen-bond donors (Lipinski definition) is 3. The molecule has 1 aromatic carbocycles. The summed E-state index contributed by atoms with van der Waals surface area (Å²) in [5.41, 5.74) is 4.41. The highest BCUT2D eigenvalue weighted by atomic mass is 16.1. The van der Waals surface area contributed by atoms with Crippen molar-refractivity contribution in [3.63, 3.8) is 0 Å². The lowest BCUT2D eigenvalue weighted by molar-refractivity contribution is -0.119. The molecule has 0 bridgehead atoms. The van der Waals surface area contributed by atoms with E-state index in [1.165, 1.54) is 5.56 Å². The molecule has 0 radical (unpaired) electrons. The summed E-state index contributed by atoms with van der Waals surface area (Å²) in [6.45, 7) is 8.07. The number of nitrogens with zero attached hydrogens (tertiary/aromatic N) is 3. The van der Waals surface area contributed by atoms with Crippen LogP contribution in [0, 0.1) is 13.8 Å². The van der Waals surface area contributed by atoms with Gasteiger partial charge in [0.05, 0.1) is 18.8 Å². The zero-order valence-electron chi connectivity index (χ0n) is 16.7. The summed E-state index contributed by atoms with van der Waals surface area (Å²) in [5.74, 6) is 0.573. The molecule has 7 nitrogen and oxygen atoms in total. The summed E-state index contributed by atoms with van der Waals surface area (Å²) in [6, 6.07) is 10.1. The molecule has 0 saturated heterocycles. The molecule has 1 aromatic heterocycles. The summed E-state index contributed by atoms with van der Waals surface area (Å²) in [5, 5.41) is 13.6. The Morgan fingerprint density at radius 1 is 1.15 bits per heavy atom. The van der Waals surface area contributed by atoms with Crippen LogP contribution in [0.1, 0.15) is 29.4 Å². The van der Waals surface area contributed by atoms with E-state index >= 15 is 0 Å². The average Bonchev–Trinajstić information content (AvgIpc) is 2.90. The first-order valence-corrected chi connectivity index (χ1v) is 9.33. The van der Waals surface area contributed by atoms with Crippen LogP contribution in [0.15, 0.2) is 35.3 Å². The Balaban J connectivity index is 1.81. The quantitative estimate of drug-likeness (QED) is 0.485. The third kappa shape index (κ3) is 6.44. The lowest BCUT2D eigenvalue weighted by Gasteiger charge is -2.11. The second-order valence-corrected chi connectivity index (χ2v) is 6.41. The number of aromatic nitrogens is 2. The van der Waals surface area contributed by atoms with Crippen molar-refractivity contribution < 1.29 is 4.79 Å². The van der Waals surface area contributed by atoms with Gasteiger partial charge in [-0.1, -0.05) is 30.3 Å². The molecule has 27 heavy (non-hydrogen) atoms. The molecule has 2 aromatic rings. The van der Waals surface area contributed by atoms with E-state index in [9.17, 15) is 4.79 Å². The van der Waals surface area contributed by atoms with Crippen LogP contribution in [0.4, 0.5) is 0 Å². The molecule has 0 fully saturated rings. The molecular formula is C20H30N6O. The average molecular weight is 371 g/mol. The molecule has 0 unspecified atom stereocenters. The van der Waals surface area contributed by atoms with E-state index in [1.807, 2.05) is 50.7 Å². The fourth-order valence-electron chi connectivity index (χ4n) is 2.76. The van der Waals surface area contributed by atoms with Crippen LogP contribution in [-0.2, 0) is 24.8 Å². The van der Waals surface area contributed by atoms with Crippen LogP contribution in [0.2, 0.25) is 0 Å². The molecule has 1 heterocycles. The van der Waals surface area contributed by atoms with Gasteiger partial charge in [0.1, 0.15) is 0 Å². The summed E-state index contributed by atoms with van der Waals surface area (Å²) in [7, 11) is 1.93. The van der Waals surface area contributed by atoms with Crippen molar-refractivity contribution in [1.82, 2.24) is 25.7 Å². The van der Waals surface area contributed by atoms with Gasteiger partial charge in [-0.2, -0.15) is 5.10 Å². The Labute approximate surface area is 161 Å². The molecule has 1 amide bonds. The van der Waals surface area contributed by atoms with E-state index in [0.29, 0.717) is 19.0 Å². The summed E-state index contributed by atoms with van der Waals surface area (Å²) >= 11 is 0. The zero-order valence-corrected chi connectivity index (χ0v) is 16.7. The highest BCUT2D eigenvalue weighted by Crippen LogP contribution is 2.12. The van der Waals surface area contributed by atoms with Gasteiger partial charge in [0.2, 0.25) is 5.91 Å². The van der Waals surface area contributed by atoms with Gasteiger partial charge in [0.25, 0.3) is 0 Å². The predicted molar refractivity (Wildman–Crippen MR) is 109 cm³/mol. The second-order valence-electron chi connectivity index (χ2n) is 6.41. The van der Waals surface area contributed by atoms with Crippen molar-refractivity contribution >= 4 is 11.9 Å². The van der Waals surface area contributed by atoms with Crippen molar-refractivity contribution in [1.29, 1.82) is 0 Å². The highest BCUT2D eigenvalue weighted by Gasteiger charge is 2.09. The van der Waals surface area contributed by atoms with Crippen LogP contribution in [0.25, 0.3) is 0 Å². The number of carbonyl (C=O) groups is 1. The van der Waals surface area contributed by atoms with Gasteiger partial charge in [-0.05, 0) is 32.8 Å². The lowest BCUT2D eigenvalue weighted by atomic mass is 10.1. The molecule has 146 valence electrons. The Bertz CT molecular complexity index is 766. The van der Waals surface area contributed by atoms with Crippen LogP contribution in [-0.4, -0.2) is 41.3 Å². The largest absolute Gasteiger partial charge is 0.357 e. The van der Waals surface area contributed by atoms with Crippen LogP contribution >= 0.6 is 0 Å². The number of aryl methyl sites for hydroxylation is 2. The summed E-state index contributed by atoms with van der Waals surface area (Å²) < 4.78 is 1.86. The number of aliphatic imine (C=N–C) groups is 1. The lowest BCUT2D eigenvalue weighted by Crippen LogP contribution is -2.43. The standard InChI is InChI=1S/C20H30N6O/c1-5-21-20(23-13-18-15(2)25-26(4)16(18)3)24-14-19(27)22-12-11-17-9-7-6-8-10-17/h6-10H,5,11-14H2,1-4H3,(H,22,27)(H2,21,23,24). The van der Waals surface area contributed by atoms with Gasteiger partial charge >= 0.3 is 0 Å². The summed E-state index contributed by atoms with van der Waals surface area (Å²) in [4.78, 5) is 16.6. The number of amides is 1. The van der Waals surface area contributed by atoms with E-state index in [4.69, 9.17) is 0 Å². The van der Waals surface area contributed by atoms with E-state index in [1.54, 1.807) is 0 Å². The Morgan fingerprint density at radius 3 is 2.52 bits per heavy atom. The van der Waals surface area contributed by atoms with Crippen molar-refractivity contribution in [2.75, 3.05) is 19.6 Å². The molecule has 0 spiro atoms. The molecule has 0 saturated carbocycles. The molecule has 7 heteroatoms. The highest BCUT2D eigenvalue weighted by molar-refractivity contribution is 5.86. The number of nitrogens with one attached hydrogen (secondary N) is 3. The monoisotopic (exact) mass is 370 g/mol. The molecule has 0 aliphatic rings. The topological polar surface area (TPSA) is 83.3 Å². The SMILES string of the molecule is CCNC(=NCc1c(C)nn(C)c1C)NCC(=O)NCCc1ccccc1. The number of benzene rings is 1. The number of hydrogen-bond acceptors (Lipinski definition) is 3. The maximum Gasteiger partial charge on any atom is 0.239 e. The van der Waals surface area contributed by atoms with Crippen molar-refractivity contribution in [2.24, 2.45) is 12.0 Å². The predicted octanol–water partition coefficient (Wildman–Crippen LogP) is 1.45. The third-order valence-corrected chi connectivity index (χ3v) is 4.39. The van der Waals surface area contributed by atoms with Crippen LogP contribution in [0.5, 0.6) is 0 Å². The molecule has 0 aliphatic heterocycles. The Morgan fingerprint density at radius 2 is 1.89 bits per heavy atom. The van der Waals surface area contributed by atoms with E-state index in [0.717, 1.165) is 29.9 Å². The van der Waals surface area contributed by atoms with E-state index in [-0.39, 0.29) is 12.5 Å². The second kappa shape index (κ2) is 10.4. The van der Waals surface area contributed by atoms with Crippen molar-refractivity contribution in [3.05, 3.63) is 52.8 Å². The van der Waals surface area contributed by atoms with Crippen LogP contribution < -0.4 is 16.0 Å². The molecule has 3 N–H and O–H groups in total. The first kappa shape index (κ1) is 20.5. The first-order chi connectivity index (χ1) is 13.0. The van der Waals surface area contributed by atoms with Gasteiger partial charge in [-0.15, -0.1) is 0 Å². The first-order valence-electron chi connectivity index (χ1n) is 9.33. The Hall–Kier alpha value is -2.83. The van der Waals surface area contributed by atoms with Gasteiger partial charge in [-0.3, -0.25) is 9.48 Å². The number of carbonyl (C=O) groups excluding carboxylic acids is 1. The van der Waals surface area contributed by atoms with Gasteiger partial charge in [-0.25, -0.2) is 4.99 Å². The van der Waals surface area contributed by atoms with Crippen molar-refractivity contribution in [3.8, 4) is 0 Å². The molecular weight excluding hydrogens is 340 g/mol. The summed E-state index contributed by atoms with van der Waals surface area (Å²) in [6.07, 6.45) is 0.820. The molecule has 2 rings (SSSR count). The Kier molecular flexibility index (Phi) is 7.85. The number of guanidine groups is 1. The van der Waals surface area contributed by atoms with Gasteiger partial charge < -0.3 is 16.0 Å². The minimum atomic E-state index is -0.0507. The van der Waals surface area contributed by atoms with Gasteiger partial charge in [0, 0.05) is 31.4 Å². The minimum absolute atomic E-state index is 0.0507. The normalized spacial score (nSPS) is 11.3. The molecule has 0 atom stereocenters. The smallest absolute Gasteiger partial charge is 0.239 e. The van der Waals surface area contributed by atoms with Gasteiger partial charge in [0.15, 0.2) is 5.96 Å². The molecule has 0 aliphatic carbocycles. The fourth-order valence-corrected chi connectivity index (χ4v) is 2.76. The third-order valence-electron chi connectivity index (χ3n) is 4.39. The zero-order chi connectivity index (χ0) is 19.6. The van der Waals surface area contributed by atoms with Crippen molar-refractivity contribution in [2.45, 2.75) is 33.7 Å².